The smallest absolute Gasteiger partial charge is 0.320 e. The summed E-state index contributed by atoms with van der Waals surface area (Å²) in [5.74, 6) is -1.02. The lowest BCUT2D eigenvalue weighted by Gasteiger charge is -2.18. The summed E-state index contributed by atoms with van der Waals surface area (Å²) in [6.45, 7) is 1.10. The van der Waals surface area contributed by atoms with Crippen molar-refractivity contribution in [1.29, 1.82) is 0 Å². The molecule has 20 heavy (non-hydrogen) atoms. The summed E-state index contributed by atoms with van der Waals surface area (Å²) in [6.07, 6.45) is 4.04. The quantitative estimate of drug-likeness (QED) is 0.130. The van der Waals surface area contributed by atoms with Crippen LogP contribution in [-0.2, 0) is 9.59 Å². The second-order valence-electron chi connectivity index (χ2n) is 4.60. The van der Waals surface area contributed by atoms with Crippen molar-refractivity contribution >= 4 is 18.2 Å². The van der Waals surface area contributed by atoms with E-state index in [-0.39, 0.29) is 12.0 Å². The highest BCUT2D eigenvalue weighted by Gasteiger charge is 2.15. The summed E-state index contributed by atoms with van der Waals surface area (Å²) in [5, 5.41) is 12.0. The van der Waals surface area contributed by atoms with Crippen molar-refractivity contribution in [2.24, 2.45) is 22.2 Å². The summed E-state index contributed by atoms with van der Waals surface area (Å²) < 4.78 is 0. The highest BCUT2D eigenvalue weighted by atomic mass is 16.4. The molecular weight excluding hydrogens is 262 g/mol. The van der Waals surface area contributed by atoms with Crippen LogP contribution in [0.4, 0.5) is 0 Å². The number of unbranched alkanes of at least 4 members (excludes halogenated alkanes) is 2. The topological polar surface area (TPSA) is 157 Å². The van der Waals surface area contributed by atoms with Crippen LogP contribution in [0.5, 0.6) is 0 Å². The average Bonchev–Trinajstić information content (AvgIpc) is 2.39. The van der Waals surface area contributed by atoms with Crippen LogP contribution < -0.4 is 22.5 Å². The Morgan fingerprint density at radius 3 is 2.55 bits per heavy atom. The fourth-order valence-electron chi connectivity index (χ4n) is 1.64. The minimum atomic E-state index is -1.02. The first-order chi connectivity index (χ1) is 9.47. The lowest BCUT2D eigenvalue weighted by molar-refractivity contribution is -0.138. The molecule has 0 fully saturated rings. The van der Waals surface area contributed by atoms with Gasteiger partial charge in [0.25, 0.3) is 0 Å². The molecule has 116 valence electrons. The number of hydrogen-bond donors (Lipinski definition) is 5. The second-order valence-corrected chi connectivity index (χ2v) is 4.60. The first-order valence-corrected chi connectivity index (χ1v) is 6.68. The molecule has 0 amide bonds. The van der Waals surface area contributed by atoms with Gasteiger partial charge in [0, 0.05) is 12.5 Å². The van der Waals surface area contributed by atoms with Crippen LogP contribution in [0.15, 0.2) is 4.99 Å². The van der Waals surface area contributed by atoms with Gasteiger partial charge in [0.05, 0.1) is 6.54 Å². The summed E-state index contributed by atoms with van der Waals surface area (Å²) in [5.41, 5.74) is 16.0. The summed E-state index contributed by atoms with van der Waals surface area (Å²) in [4.78, 5) is 24.8. The zero-order valence-corrected chi connectivity index (χ0v) is 11.6. The Kier molecular flexibility index (Phi) is 10.2. The van der Waals surface area contributed by atoms with E-state index in [4.69, 9.17) is 22.3 Å². The van der Waals surface area contributed by atoms with Gasteiger partial charge < -0.3 is 32.4 Å². The van der Waals surface area contributed by atoms with Gasteiger partial charge >= 0.3 is 5.97 Å². The maximum atomic E-state index is 10.7. The lowest BCUT2D eigenvalue weighted by atomic mass is 10.1. The number of carbonyl (C=O) groups excluding carboxylic acids is 1. The Balaban J connectivity index is 4.09. The number of carboxylic acid groups (broad SMARTS) is 1. The molecule has 0 spiro atoms. The first-order valence-electron chi connectivity index (χ1n) is 6.68. The number of aliphatic imine (C=N–C) groups is 1. The third kappa shape index (κ3) is 10.3. The molecule has 0 radical (unpaired) electrons. The number of rotatable bonds is 12. The first kappa shape index (κ1) is 18.3. The Morgan fingerprint density at radius 1 is 1.30 bits per heavy atom. The van der Waals surface area contributed by atoms with E-state index in [0.29, 0.717) is 25.8 Å². The Hall–Kier alpha value is -1.67. The minimum Gasteiger partial charge on any atom is -0.480 e. The van der Waals surface area contributed by atoms with Gasteiger partial charge in [-0.3, -0.25) is 9.79 Å². The van der Waals surface area contributed by atoms with Crippen molar-refractivity contribution in [2.75, 3.05) is 13.1 Å². The average molecular weight is 287 g/mol. The molecule has 8 heteroatoms. The van der Waals surface area contributed by atoms with E-state index in [2.05, 4.69) is 10.3 Å². The van der Waals surface area contributed by atoms with Crippen LogP contribution in [0.25, 0.3) is 0 Å². The van der Waals surface area contributed by atoms with E-state index in [1.807, 2.05) is 0 Å². The number of nitrogens with one attached hydrogen (secondary N) is 1. The van der Waals surface area contributed by atoms with Crippen LogP contribution in [0.3, 0.4) is 0 Å². The lowest BCUT2D eigenvalue weighted by Crippen LogP contribution is -2.37. The van der Waals surface area contributed by atoms with E-state index in [0.717, 1.165) is 25.7 Å². The molecule has 0 aromatic heterocycles. The molecule has 0 saturated heterocycles. The molecule has 0 aromatic rings. The van der Waals surface area contributed by atoms with Crippen molar-refractivity contribution < 1.29 is 14.7 Å². The molecule has 0 aromatic carbocycles. The van der Waals surface area contributed by atoms with Gasteiger partial charge in [-0.2, -0.15) is 0 Å². The molecule has 0 bridgehead atoms. The Morgan fingerprint density at radius 2 is 2.00 bits per heavy atom. The maximum absolute atomic E-state index is 10.7. The number of aldehydes is 1. The van der Waals surface area contributed by atoms with Gasteiger partial charge in [0.15, 0.2) is 5.96 Å². The van der Waals surface area contributed by atoms with Gasteiger partial charge in [-0.25, -0.2) is 0 Å². The van der Waals surface area contributed by atoms with Crippen LogP contribution in [0, 0.1) is 0 Å². The van der Waals surface area contributed by atoms with Gasteiger partial charge in [-0.15, -0.1) is 0 Å². The van der Waals surface area contributed by atoms with Crippen LogP contribution >= 0.6 is 0 Å². The molecule has 0 saturated carbocycles. The second kappa shape index (κ2) is 11.2. The van der Waals surface area contributed by atoms with E-state index in [1.54, 1.807) is 0 Å². The normalized spacial score (nSPS) is 13.4. The molecule has 0 aliphatic heterocycles. The van der Waals surface area contributed by atoms with Gasteiger partial charge in [0.1, 0.15) is 12.3 Å². The van der Waals surface area contributed by atoms with E-state index >= 15 is 0 Å². The molecular formula is C12H25N5O3. The summed E-state index contributed by atoms with van der Waals surface area (Å²) in [6, 6.07) is -0.910. The van der Waals surface area contributed by atoms with Crippen LogP contribution in [0.2, 0.25) is 0 Å². The predicted molar refractivity (Wildman–Crippen MR) is 77.2 cm³/mol. The summed E-state index contributed by atoms with van der Waals surface area (Å²) in [7, 11) is 0. The minimum absolute atomic E-state index is 0.000267. The zero-order valence-electron chi connectivity index (χ0n) is 11.6. The molecule has 0 aliphatic carbocycles. The molecule has 0 heterocycles. The number of nitrogens with zero attached hydrogens (tertiary/aromatic N) is 1. The predicted octanol–water partition coefficient (Wildman–Crippen LogP) is -1.22. The molecule has 0 aliphatic rings. The number of hydrogen-bond acceptors (Lipinski definition) is 5. The number of carbonyl (C=O) groups is 2. The van der Waals surface area contributed by atoms with Crippen LogP contribution in [0.1, 0.15) is 32.1 Å². The van der Waals surface area contributed by atoms with Crippen molar-refractivity contribution in [1.82, 2.24) is 5.32 Å². The molecule has 1 unspecified atom stereocenters. The largest absolute Gasteiger partial charge is 0.480 e. The molecule has 8 N–H and O–H groups in total. The van der Waals surface area contributed by atoms with Crippen molar-refractivity contribution in [3.05, 3.63) is 0 Å². The standard InChI is InChI=1S/C12H25N5O3/c13-10(11(19)20)5-4-9(8-17-12(14)15)16-6-2-1-3-7-18/h7,9-10,16H,1-6,8,13H2,(H,19,20)(H4,14,15,17)/t9?,10-/m0/s1. The highest BCUT2D eigenvalue weighted by molar-refractivity contribution is 5.75. The molecule has 2 atom stereocenters. The third-order valence-corrected chi connectivity index (χ3v) is 2.82. The number of nitrogens with two attached hydrogens (primary N) is 3. The fraction of sp³-hybridized carbons (Fsp3) is 0.750. The van der Waals surface area contributed by atoms with Gasteiger partial charge in [0.2, 0.25) is 0 Å². The number of carboxylic acids is 1. The van der Waals surface area contributed by atoms with Gasteiger partial charge in [-0.1, -0.05) is 0 Å². The third-order valence-electron chi connectivity index (χ3n) is 2.82. The highest BCUT2D eigenvalue weighted by Crippen LogP contribution is 2.02. The monoisotopic (exact) mass is 287 g/mol. The van der Waals surface area contributed by atoms with E-state index < -0.39 is 12.0 Å². The number of guanidine groups is 1. The SMILES string of the molecule is NC(N)=NCC(CC[C@H](N)C(=O)O)NCCCCC=O. The van der Waals surface area contributed by atoms with E-state index in [1.165, 1.54) is 0 Å². The maximum Gasteiger partial charge on any atom is 0.320 e. The van der Waals surface area contributed by atoms with Crippen molar-refractivity contribution in [3.8, 4) is 0 Å². The van der Waals surface area contributed by atoms with Crippen LogP contribution in [-0.4, -0.2) is 48.5 Å². The molecule has 0 rings (SSSR count). The van der Waals surface area contributed by atoms with Crippen molar-refractivity contribution in [2.45, 2.75) is 44.2 Å². The van der Waals surface area contributed by atoms with E-state index in [9.17, 15) is 9.59 Å². The van der Waals surface area contributed by atoms with Gasteiger partial charge in [-0.05, 0) is 32.2 Å². The number of aliphatic carboxylic acids is 1. The fourth-order valence-corrected chi connectivity index (χ4v) is 1.64. The van der Waals surface area contributed by atoms with Crippen molar-refractivity contribution in [3.63, 3.8) is 0 Å². The molecule has 8 nitrogen and oxygen atoms in total. The summed E-state index contributed by atoms with van der Waals surface area (Å²) >= 11 is 0. The zero-order chi connectivity index (χ0) is 15.4. The Bertz CT molecular complexity index is 318. The Labute approximate surface area is 118 Å².